The van der Waals surface area contributed by atoms with E-state index >= 15 is 0 Å². The summed E-state index contributed by atoms with van der Waals surface area (Å²) in [5.74, 6) is -0.836. The Bertz CT molecular complexity index is 402. The van der Waals surface area contributed by atoms with E-state index in [0.29, 0.717) is 0 Å². The smallest absolute Gasteiger partial charge is 0.253 e. The van der Waals surface area contributed by atoms with Crippen LogP contribution in [0.1, 0.15) is 36.0 Å². The lowest BCUT2D eigenvalue weighted by atomic mass is 10.1. The summed E-state index contributed by atoms with van der Waals surface area (Å²) in [6, 6.07) is 4.49. The Kier molecular flexibility index (Phi) is 3.44. The standard InChI is InChI=1S/C12H13ClFNO/c13-11-9(6-3-7-10(11)14)12(16)15-8-4-1-2-5-8/h3,6-8H,1-2,4-5H2,(H,15,16). The minimum atomic E-state index is -0.555. The van der Waals surface area contributed by atoms with Gasteiger partial charge in [0.2, 0.25) is 0 Å². The molecule has 0 atom stereocenters. The molecule has 0 heterocycles. The summed E-state index contributed by atoms with van der Waals surface area (Å²) in [7, 11) is 0. The Labute approximate surface area is 98.8 Å². The van der Waals surface area contributed by atoms with Crippen LogP contribution in [-0.4, -0.2) is 11.9 Å². The predicted octanol–water partition coefficient (Wildman–Crippen LogP) is 3.15. The second-order valence-corrected chi connectivity index (χ2v) is 4.43. The topological polar surface area (TPSA) is 29.1 Å². The van der Waals surface area contributed by atoms with Gasteiger partial charge in [-0.2, -0.15) is 0 Å². The second kappa shape index (κ2) is 4.83. The van der Waals surface area contributed by atoms with E-state index in [1.807, 2.05) is 0 Å². The average molecular weight is 242 g/mol. The molecule has 0 saturated heterocycles. The maximum absolute atomic E-state index is 13.1. The predicted molar refractivity (Wildman–Crippen MR) is 61.1 cm³/mol. The SMILES string of the molecule is O=C(NC1CCCC1)c1cccc(F)c1Cl. The fourth-order valence-electron chi connectivity index (χ4n) is 2.01. The van der Waals surface area contributed by atoms with Gasteiger partial charge in [0.05, 0.1) is 10.6 Å². The van der Waals surface area contributed by atoms with Crippen LogP contribution in [0.25, 0.3) is 0 Å². The van der Waals surface area contributed by atoms with Crippen molar-refractivity contribution in [3.8, 4) is 0 Å². The molecule has 86 valence electrons. The molecule has 1 aliphatic rings. The van der Waals surface area contributed by atoms with Crippen molar-refractivity contribution in [2.45, 2.75) is 31.7 Å². The van der Waals surface area contributed by atoms with Gasteiger partial charge in [-0.1, -0.05) is 30.5 Å². The molecule has 0 spiro atoms. The minimum Gasteiger partial charge on any atom is -0.349 e. The van der Waals surface area contributed by atoms with Crippen LogP contribution in [0, 0.1) is 5.82 Å². The van der Waals surface area contributed by atoms with Crippen LogP contribution in [0.3, 0.4) is 0 Å². The highest BCUT2D eigenvalue weighted by Crippen LogP contribution is 2.22. The Morgan fingerprint density at radius 1 is 1.38 bits per heavy atom. The lowest BCUT2D eigenvalue weighted by molar-refractivity contribution is 0.0937. The number of hydrogen-bond donors (Lipinski definition) is 1. The highest BCUT2D eigenvalue weighted by atomic mass is 35.5. The summed E-state index contributed by atoms with van der Waals surface area (Å²) in [5.41, 5.74) is 0.216. The van der Waals surface area contributed by atoms with E-state index in [0.717, 1.165) is 25.7 Å². The molecule has 16 heavy (non-hydrogen) atoms. The molecule has 0 bridgehead atoms. The first-order chi connectivity index (χ1) is 7.68. The van der Waals surface area contributed by atoms with Crippen molar-refractivity contribution >= 4 is 17.5 Å². The molecule has 1 aliphatic carbocycles. The molecule has 1 aromatic rings. The van der Waals surface area contributed by atoms with Crippen molar-refractivity contribution in [1.29, 1.82) is 0 Å². The lowest BCUT2D eigenvalue weighted by Crippen LogP contribution is -2.32. The van der Waals surface area contributed by atoms with Gasteiger partial charge >= 0.3 is 0 Å². The molecule has 2 rings (SSSR count). The summed E-state index contributed by atoms with van der Waals surface area (Å²) in [6.45, 7) is 0. The lowest BCUT2D eigenvalue weighted by Gasteiger charge is -2.12. The number of carbonyl (C=O) groups is 1. The molecule has 1 N–H and O–H groups in total. The summed E-state index contributed by atoms with van der Waals surface area (Å²) < 4.78 is 13.1. The zero-order valence-corrected chi connectivity index (χ0v) is 9.56. The van der Waals surface area contributed by atoms with Crippen molar-refractivity contribution in [3.63, 3.8) is 0 Å². The van der Waals surface area contributed by atoms with Crippen LogP contribution in [0.15, 0.2) is 18.2 Å². The Balaban J connectivity index is 2.11. The third kappa shape index (κ3) is 2.35. The molecule has 2 nitrogen and oxygen atoms in total. The first-order valence-electron chi connectivity index (χ1n) is 5.43. The molecule has 1 fully saturated rings. The van der Waals surface area contributed by atoms with E-state index in [4.69, 9.17) is 11.6 Å². The number of hydrogen-bond acceptors (Lipinski definition) is 1. The van der Waals surface area contributed by atoms with Crippen LogP contribution in [0.5, 0.6) is 0 Å². The van der Waals surface area contributed by atoms with E-state index in [-0.39, 0.29) is 22.5 Å². The first kappa shape index (κ1) is 11.4. The van der Waals surface area contributed by atoms with E-state index < -0.39 is 5.82 Å². The number of amides is 1. The zero-order chi connectivity index (χ0) is 11.5. The Hall–Kier alpha value is -1.09. The van der Waals surface area contributed by atoms with Crippen LogP contribution in [0.4, 0.5) is 4.39 Å². The van der Waals surface area contributed by atoms with Crippen molar-refractivity contribution in [1.82, 2.24) is 5.32 Å². The minimum absolute atomic E-state index is 0.0991. The van der Waals surface area contributed by atoms with Gasteiger partial charge in [-0.25, -0.2) is 4.39 Å². The van der Waals surface area contributed by atoms with Gasteiger partial charge in [0.1, 0.15) is 5.82 Å². The summed E-state index contributed by atoms with van der Waals surface area (Å²) >= 11 is 5.74. The summed E-state index contributed by atoms with van der Waals surface area (Å²) in [5, 5.41) is 2.77. The number of benzene rings is 1. The molecule has 1 aromatic carbocycles. The van der Waals surface area contributed by atoms with Gasteiger partial charge < -0.3 is 5.32 Å². The second-order valence-electron chi connectivity index (χ2n) is 4.06. The first-order valence-corrected chi connectivity index (χ1v) is 5.81. The summed E-state index contributed by atoms with van der Waals surface area (Å²) in [4.78, 5) is 11.8. The molecule has 4 heteroatoms. The number of nitrogens with one attached hydrogen (secondary N) is 1. The molecule has 1 saturated carbocycles. The van der Waals surface area contributed by atoms with Crippen LogP contribution in [-0.2, 0) is 0 Å². The number of rotatable bonds is 2. The van der Waals surface area contributed by atoms with E-state index in [2.05, 4.69) is 5.32 Å². The van der Waals surface area contributed by atoms with Crippen LogP contribution < -0.4 is 5.32 Å². The number of halogens is 2. The largest absolute Gasteiger partial charge is 0.349 e. The van der Waals surface area contributed by atoms with Crippen molar-refractivity contribution in [3.05, 3.63) is 34.6 Å². The molecule has 0 aromatic heterocycles. The molecule has 1 amide bonds. The highest BCUT2D eigenvalue weighted by Gasteiger charge is 2.20. The average Bonchev–Trinajstić information content (AvgIpc) is 2.74. The molecule has 0 unspecified atom stereocenters. The zero-order valence-electron chi connectivity index (χ0n) is 8.80. The van der Waals surface area contributed by atoms with Crippen molar-refractivity contribution in [2.24, 2.45) is 0 Å². The maximum atomic E-state index is 13.1. The number of carbonyl (C=O) groups excluding carboxylic acids is 1. The van der Waals surface area contributed by atoms with Gasteiger partial charge in [0.15, 0.2) is 0 Å². The normalized spacial score (nSPS) is 16.4. The molecular formula is C12H13ClFNO. The van der Waals surface area contributed by atoms with Crippen LogP contribution in [0.2, 0.25) is 5.02 Å². The quantitative estimate of drug-likeness (QED) is 0.847. The van der Waals surface area contributed by atoms with Gasteiger partial charge in [0.25, 0.3) is 5.91 Å². The molecule has 0 radical (unpaired) electrons. The van der Waals surface area contributed by atoms with Gasteiger partial charge in [-0.3, -0.25) is 4.79 Å². The van der Waals surface area contributed by atoms with E-state index in [1.54, 1.807) is 0 Å². The van der Waals surface area contributed by atoms with Gasteiger partial charge in [0, 0.05) is 6.04 Å². The Morgan fingerprint density at radius 3 is 2.75 bits per heavy atom. The third-order valence-corrected chi connectivity index (χ3v) is 3.27. The Morgan fingerprint density at radius 2 is 2.06 bits per heavy atom. The highest BCUT2D eigenvalue weighted by molar-refractivity contribution is 6.34. The van der Waals surface area contributed by atoms with Crippen molar-refractivity contribution in [2.75, 3.05) is 0 Å². The van der Waals surface area contributed by atoms with Gasteiger partial charge in [-0.05, 0) is 25.0 Å². The van der Waals surface area contributed by atoms with E-state index in [1.165, 1.54) is 18.2 Å². The third-order valence-electron chi connectivity index (χ3n) is 2.89. The van der Waals surface area contributed by atoms with E-state index in [9.17, 15) is 9.18 Å². The molecule has 0 aliphatic heterocycles. The molecular weight excluding hydrogens is 229 g/mol. The van der Waals surface area contributed by atoms with Crippen molar-refractivity contribution < 1.29 is 9.18 Å². The van der Waals surface area contributed by atoms with Gasteiger partial charge in [-0.15, -0.1) is 0 Å². The van der Waals surface area contributed by atoms with Crippen LogP contribution >= 0.6 is 11.6 Å². The fraction of sp³-hybridized carbons (Fsp3) is 0.417. The maximum Gasteiger partial charge on any atom is 0.253 e. The summed E-state index contributed by atoms with van der Waals surface area (Å²) in [6.07, 6.45) is 4.28. The fourth-order valence-corrected chi connectivity index (χ4v) is 2.22. The monoisotopic (exact) mass is 241 g/mol.